The highest BCUT2D eigenvalue weighted by Gasteiger charge is 2.69. The van der Waals surface area contributed by atoms with Crippen molar-refractivity contribution in [3.05, 3.63) is 76.7 Å². The smallest absolute Gasteiger partial charge is 0.218 e. The highest BCUT2D eigenvalue weighted by molar-refractivity contribution is 7.97. The molecule has 0 saturated carbocycles. The molecule has 0 fully saturated rings. The number of sulfone groups is 2. The average Bonchev–Trinajstić information content (AvgIpc) is 2.61. The Morgan fingerprint density at radius 1 is 0.700 bits per heavy atom. The summed E-state index contributed by atoms with van der Waals surface area (Å²) in [6.45, 7) is 0. The minimum atomic E-state index is -6.18. The molecular formula is C18H12F6O4S2. The molecule has 1 atom stereocenters. The highest BCUT2D eigenvalue weighted by atomic mass is 32.2. The van der Waals surface area contributed by atoms with Crippen LogP contribution in [0.3, 0.4) is 0 Å². The van der Waals surface area contributed by atoms with E-state index in [9.17, 15) is 43.2 Å². The van der Waals surface area contributed by atoms with E-state index < -0.39 is 57.9 Å². The van der Waals surface area contributed by atoms with E-state index in [0.717, 1.165) is 24.3 Å². The van der Waals surface area contributed by atoms with Gasteiger partial charge in [-0.25, -0.2) is 16.8 Å². The molecule has 3 rings (SSSR count). The SMILES string of the molecule is O=S(=O)(C1=C(c2ccccc2)C(c2ccccc2)(S(=O)(=O)C(F)(F)F)C1)C(F)(F)F. The first-order valence-corrected chi connectivity index (χ1v) is 11.1. The summed E-state index contributed by atoms with van der Waals surface area (Å²) in [6.07, 6.45) is -1.50. The minimum Gasteiger partial charge on any atom is -0.218 e. The molecule has 0 amide bonds. The lowest BCUT2D eigenvalue weighted by atomic mass is 9.74. The fourth-order valence-corrected chi connectivity index (χ4v) is 6.51. The van der Waals surface area contributed by atoms with Crippen LogP contribution in [-0.2, 0) is 24.4 Å². The van der Waals surface area contributed by atoms with Crippen LogP contribution in [0.4, 0.5) is 26.3 Å². The van der Waals surface area contributed by atoms with Gasteiger partial charge in [0, 0.05) is 12.0 Å². The zero-order chi connectivity index (χ0) is 22.6. The number of benzene rings is 2. The lowest BCUT2D eigenvalue weighted by Gasteiger charge is -2.45. The second kappa shape index (κ2) is 6.84. The molecule has 0 radical (unpaired) electrons. The number of hydrogen-bond donors (Lipinski definition) is 0. The zero-order valence-electron chi connectivity index (χ0n) is 14.7. The highest BCUT2D eigenvalue weighted by Crippen LogP contribution is 2.62. The third kappa shape index (κ3) is 3.04. The summed E-state index contributed by atoms with van der Waals surface area (Å²) in [5.41, 5.74) is -13.6. The fourth-order valence-electron chi connectivity index (χ4n) is 3.43. The Kier molecular flexibility index (Phi) is 5.10. The summed E-state index contributed by atoms with van der Waals surface area (Å²) in [7, 11) is -12.3. The second-order valence-corrected chi connectivity index (χ2v) is 10.6. The van der Waals surface area contributed by atoms with Gasteiger partial charge in [0.05, 0.1) is 4.91 Å². The van der Waals surface area contributed by atoms with Crippen LogP contribution in [0.2, 0.25) is 0 Å². The first-order valence-electron chi connectivity index (χ1n) is 8.15. The van der Waals surface area contributed by atoms with Crippen molar-refractivity contribution in [2.75, 3.05) is 0 Å². The van der Waals surface area contributed by atoms with E-state index in [0.29, 0.717) is 0 Å². The molecule has 0 aromatic heterocycles. The quantitative estimate of drug-likeness (QED) is 0.615. The molecule has 0 aliphatic heterocycles. The van der Waals surface area contributed by atoms with Gasteiger partial charge in [0.1, 0.15) is 4.75 Å². The standard InChI is InChI=1S/C18H12F6O4S2/c19-17(20,21)29(25,26)14-11-16(13-9-5-2-6-10-13,30(27,28)18(22,23)24)15(14)12-7-3-1-4-8-12/h1-10H,11H2. The molecule has 2 aromatic carbocycles. The molecule has 0 spiro atoms. The summed E-state index contributed by atoms with van der Waals surface area (Å²) >= 11 is 0. The summed E-state index contributed by atoms with van der Waals surface area (Å²) in [6, 6.07) is 11.8. The van der Waals surface area contributed by atoms with Gasteiger partial charge >= 0.3 is 11.0 Å². The largest absolute Gasteiger partial charge is 0.501 e. The van der Waals surface area contributed by atoms with Crippen molar-refractivity contribution in [3.8, 4) is 0 Å². The predicted octanol–water partition coefficient (Wildman–Crippen LogP) is 4.57. The van der Waals surface area contributed by atoms with Gasteiger partial charge in [-0.1, -0.05) is 60.7 Å². The monoisotopic (exact) mass is 470 g/mol. The van der Waals surface area contributed by atoms with Crippen molar-refractivity contribution in [1.29, 1.82) is 0 Å². The van der Waals surface area contributed by atoms with Crippen molar-refractivity contribution in [3.63, 3.8) is 0 Å². The van der Waals surface area contributed by atoms with Gasteiger partial charge in [0.15, 0.2) is 0 Å². The fraction of sp³-hybridized carbons (Fsp3) is 0.222. The Morgan fingerprint density at radius 3 is 1.60 bits per heavy atom. The number of allylic oxidation sites excluding steroid dienone is 1. The van der Waals surface area contributed by atoms with Crippen molar-refractivity contribution in [2.45, 2.75) is 22.2 Å². The third-order valence-electron chi connectivity index (χ3n) is 4.79. The number of rotatable bonds is 4. The van der Waals surface area contributed by atoms with Crippen LogP contribution in [0.15, 0.2) is 65.6 Å². The van der Waals surface area contributed by atoms with E-state index in [1.54, 1.807) is 0 Å². The maximum Gasteiger partial charge on any atom is 0.501 e. The average molecular weight is 470 g/mol. The lowest BCUT2D eigenvalue weighted by Crippen LogP contribution is -2.52. The lowest BCUT2D eigenvalue weighted by molar-refractivity contribution is -0.0456. The normalized spacial score (nSPS) is 20.7. The van der Waals surface area contributed by atoms with E-state index in [1.165, 1.54) is 36.4 Å². The van der Waals surface area contributed by atoms with Gasteiger partial charge in [-0.2, -0.15) is 26.3 Å². The summed E-state index contributed by atoms with van der Waals surface area (Å²) in [5.74, 6) is 0. The first kappa shape index (κ1) is 22.3. The molecule has 0 bridgehead atoms. The number of alkyl halides is 6. The molecule has 0 heterocycles. The number of halogens is 6. The maximum absolute atomic E-state index is 13.6. The molecule has 1 unspecified atom stereocenters. The van der Waals surface area contributed by atoms with Crippen molar-refractivity contribution < 1.29 is 43.2 Å². The van der Waals surface area contributed by atoms with E-state index in [1.807, 2.05) is 0 Å². The predicted molar refractivity (Wildman–Crippen MR) is 96.0 cm³/mol. The second-order valence-electron chi connectivity index (χ2n) is 6.43. The molecule has 12 heteroatoms. The van der Waals surface area contributed by atoms with Gasteiger partial charge in [0.2, 0.25) is 0 Å². The zero-order valence-corrected chi connectivity index (χ0v) is 16.3. The van der Waals surface area contributed by atoms with E-state index in [4.69, 9.17) is 0 Å². The third-order valence-corrected chi connectivity index (χ3v) is 8.51. The molecule has 162 valence electrons. The van der Waals surface area contributed by atoms with E-state index in [2.05, 4.69) is 0 Å². The van der Waals surface area contributed by atoms with Crippen LogP contribution in [0.5, 0.6) is 0 Å². The molecule has 2 aromatic rings. The van der Waals surface area contributed by atoms with E-state index >= 15 is 0 Å². The molecule has 1 aliphatic carbocycles. The van der Waals surface area contributed by atoms with Gasteiger partial charge in [-0.3, -0.25) is 0 Å². The molecular weight excluding hydrogens is 458 g/mol. The first-order chi connectivity index (χ1) is 13.7. The Morgan fingerprint density at radius 2 is 1.17 bits per heavy atom. The summed E-state index contributed by atoms with van der Waals surface area (Å²) in [5, 5.41) is 0. The van der Waals surface area contributed by atoms with Crippen LogP contribution in [0.25, 0.3) is 5.57 Å². The Bertz CT molecular complexity index is 1200. The molecule has 1 aliphatic rings. The van der Waals surface area contributed by atoms with Gasteiger partial charge in [-0.05, 0) is 11.1 Å². The molecule has 4 nitrogen and oxygen atoms in total. The van der Waals surface area contributed by atoms with Crippen LogP contribution in [-0.4, -0.2) is 27.9 Å². The summed E-state index contributed by atoms with van der Waals surface area (Å²) < 4.78 is 127. The van der Waals surface area contributed by atoms with Gasteiger partial charge < -0.3 is 0 Å². The summed E-state index contributed by atoms with van der Waals surface area (Å²) in [4.78, 5) is -1.40. The van der Waals surface area contributed by atoms with Crippen LogP contribution in [0, 0.1) is 0 Å². The maximum atomic E-state index is 13.6. The van der Waals surface area contributed by atoms with Crippen molar-refractivity contribution in [2.24, 2.45) is 0 Å². The van der Waals surface area contributed by atoms with E-state index in [-0.39, 0.29) is 5.56 Å². The van der Waals surface area contributed by atoms with Crippen LogP contribution in [0.1, 0.15) is 17.5 Å². The minimum absolute atomic E-state index is 0.372. The van der Waals surface area contributed by atoms with Gasteiger partial charge in [0.25, 0.3) is 19.7 Å². The van der Waals surface area contributed by atoms with Crippen molar-refractivity contribution in [1.82, 2.24) is 0 Å². The molecule has 0 saturated heterocycles. The Hall–Kier alpha value is -2.34. The number of hydrogen-bond acceptors (Lipinski definition) is 4. The van der Waals surface area contributed by atoms with Gasteiger partial charge in [-0.15, -0.1) is 0 Å². The Labute approximate surface area is 167 Å². The molecule has 30 heavy (non-hydrogen) atoms. The van der Waals surface area contributed by atoms with Crippen LogP contribution < -0.4 is 0 Å². The Balaban J connectivity index is 2.49. The topological polar surface area (TPSA) is 68.3 Å². The molecule has 0 N–H and O–H groups in total. The van der Waals surface area contributed by atoms with Crippen LogP contribution >= 0.6 is 0 Å². The van der Waals surface area contributed by atoms with Crippen molar-refractivity contribution >= 4 is 25.2 Å².